The van der Waals surface area contributed by atoms with Crippen molar-refractivity contribution in [1.29, 1.82) is 0 Å². The number of hydrogen-bond donors (Lipinski definition) is 1. The first-order valence-corrected chi connectivity index (χ1v) is 7.73. The lowest BCUT2D eigenvalue weighted by atomic mass is 9.88. The van der Waals surface area contributed by atoms with Gasteiger partial charge in [0, 0.05) is 31.0 Å². The van der Waals surface area contributed by atoms with Crippen LogP contribution >= 0.6 is 0 Å². The van der Waals surface area contributed by atoms with E-state index in [1.165, 1.54) is 24.9 Å². The van der Waals surface area contributed by atoms with Crippen molar-refractivity contribution in [2.75, 3.05) is 33.2 Å². The van der Waals surface area contributed by atoms with Gasteiger partial charge in [-0.3, -0.25) is 9.88 Å². The van der Waals surface area contributed by atoms with Gasteiger partial charge in [-0.15, -0.1) is 0 Å². The Morgan fingerprint density at radius 2 is 2.25 bits per heavy atom. The van der Waals surface area contributed by atoms with Crippen molar-refractivity contribution >= 4 is 0 Å². The molecule has 0 radical (unpaired) electrons. The molecule has 1 fully saturated rings. The normalized spacial score (nSPS) is 24.8. The second kappa shape index (κ2) is 7.16. The van der Waals surface area contributed by atoms with Gasteiger partial charge in [0.2, 0.25) is 0 Å². The number of likely N-dealkylation sites (tertiary alicyclic amines) is 1. The van der Waals surface area contributed by atoms with E-state index < -0.39 is 0 Å². The van der Waals surface area contributed by atoms with Crippen LogP contribution in [0.3, 0.4) is 0 Å². The first-order valence-electron chi connectivity index (χ1n) is 7.73. The monoisotopic (exact) mass is 276 g/mol. The van der Waals surface area contributed by atoms with Gasteiger partial charge in [-0.25, -0.2) is 0 Å². The van der Waals surface area contributed by atoms with Gasteiger partial charge in [0.1, 0.15) is 0 Å². The molecule has 0 aliphatic carbocycles. The molecule has 4 heteroatoms. The Morgan fingerprint density at radius 3 is 2.90 bits per heavy atom. The van der Waals surface area contributed by atoms with Crippen molar-refractivity contribution < 1.29 is 0 Å². The van der Waals surface area contributed by atoms with E-state index in [9.17, 15) is 0 Å². The van der Waals surface area contributed by atoms with Crippen LogP contribution in [0.15, 0.2) is 24.5 Å². The van der Waals surface area contributed by atoms with E-state index >= 15 is 0 Å². The maximum absolute atomic E-state index is 6.17. The van der Waals surface area contributed by atoms with Crippen LogP contribution in [0, 0.1) is 0 Å². The molecule has 0 saturated carbocycles. The molecule has 112 valence electrons. The zero-order valence-corrected chi connectivity index (χ0v) is 12.9. The molecule has 2 rings (SSSR count). The maximum atomic E-state index is 6.17. The maximum Gasteiger partial charge on any atom is 0.0344 e. The molecule has 1 aromatic heterocycles. The molecule has 1 aliphatic rings. The highest BCUT2D eigenvalue weighted by Crippen LogP contribution is 2.28. The Labute approximate surface area is 123 Å². The lowest BCUT2D eigenvalue weighted by Gasteiger charge is -2.41. The molecule has 0 bridgehead atoms. The third kappa shape index (κ3) is 3.57. The molecule has 20 heavy (non-hydrogen) atoms. The predicted octanol–water partition coefficient (Wildman–Crippen LogP) is 1.72. The molecule has 1 atom stereocenters. The molecule has 2 heterocycles. The average molecular weight is 276 g/mol. The predicted molar refractivity (Wildman–Crippen MR) is 83.5 cm³/mol. The van der Waals surface area contributed by atoms with Crippen LogP contribution in [-0.4, -0.2) is 53.5 Å². The summed E-state index contributed by atoms with van der Waals surface area (Å²) >= 11 is 0. The van der Waals surface area contributed by atoms with Crippen molar-refractivity contribution in [2.45, 2.75) is 38.3 Å². The van der Waals surface area contributed by atoms with E-state index in [0.29, 0.717) is 0 Å². The van der Waals surface area contributed by atoms with Gasteiger partial charge in [-0.05, 0) is 57.6 Å². The summed E-state index contributed by atoms with van der Waals surface area (Å²) in [5.74, 6) is 0. The van der Waals surface area contributed by atoms with E-state index in [1.807, 2.05) is 18.5 Å². The Kier molecular flexibility index (Phi) is 5.52. The van der Waals surface area contributed by atoms with Gasteiger partial charge in [0.25, 0.3) is 0 Å². The van der Waals surface area contributed by atoms with Crippen LogP contribution < -0.4 is 5.73 Å². The number of rotatable bonds is 5. The fourth-order valence-electron chi connectivity index (χ4n) is 3.23. The summed E-state index contributed by atoms with van der Waals surface area (Å²) in [5, 5.41) is 0. The minimum atomic E-state index is 0.139. The van der Waals surface area contributed by atoms with E-state index in [0.717, 1.165) is 32.6 Å². The van der Waals surface area contributed by atoms with Crippen LogP contribution in [0.25, 0.3) is 0 Å². The van der Waals surface area contributed by atoms with Crippen LogP contribution in [-0.2, 0) is 6.54 Å². The van der Waals surface area contributed by atoms with Gasteiger partial charge in [0.15, 0.2) is 0 Å². The molecule has 1 unspecified atom stereocenters. The molecular weight excluding hydrogens is 248 g/mol. The Morgan fingerprint density at radius 1 is 1.40 bits per heavy atom. The van der Waals surface area contributed by atoms with E-state index in [-0.39, 0.29) is 5.54 Å². The number of hydrogen-bond acceptors (Lipinski definition) is 4. The molecule has 0 spiro atoms. The number of aromatic nitrogens is 1. The third-order valence-electron chi connectivity index (χ3n) is 4.79. The molecule has 1 saturated heterocycles. The van der Waals surface area contributed by atoms with Crippen molar-refractivity contribution in [3.8, 4) is 0 Å². The molecule has 2 N–H and O–H groups in total. The van der Waals surface area contributed by atoms with Gasteiger partial charge in [0.05, 0.1) is 0 Å². The second-order valence-electron chi connectivity index (χ2n) is 5.93. The second-order valence-corrected chi connectivity index (χ2v) is 5.93. The summed E-state index contributed by atoms with van der Waals surface area (Å²) in [6, 6.07) is 4.15. The highest BCUT2D eigenvalue weighted by Gasteiger charge is 2.34. The number of pyridine rings is 1. The van der Waals surface area contributed by atoms with E-state index in [4.69, 9.17) is 5.73 Å². The van der Waals surface area contributed by atoms with Crippen molar-refractivity contribution in [1.82, 2.24) is 14.8 Å². The first kappa shape index (κ1) is 15.4. The lowest BCUT2D eigenvalue weighted by Crippen LogP contribution is -2.52. The van der Waals surface area contributed by atoms with Crippen LogP contribution in [0.1, 0.15) is 31.7 Å². The topological polar surface area (TPSA) is 45.4 Å². The van der Waals surface area contributed by atoms with Crippen molar-refractivity contribution in [3.05, 3.63) is 30.1 Å². The third-order valence-corrected chi connectivity index (χ3v) is 4.79. The fraction of sp³-hybridized carbons (Fsp3) is 0.688. The molecule has 1 aromatic rings. The molecule has 0 aromatic carbocycles. The summed E-state index contributed by atoms with van der Waals surface area (Å²) in [5.41, 5.74) is 7.58. The van der Waals surface area contributed by atoms with Crippen LogP contribution in [0.5, 0.6) is 0 Å². The zero-order valence-electron chi connectivity index (χ0n) is 12.9. The SMILES string of the molecule is CCN1CCCC(CN)(N(C)Cc2cccnc2)CC1. The Bertz CT molecular complexity index is 395. The summed E-state index contributed by atoms with van der Waals surface area (Å²) in [4.78, 5) is 9.19. The average Bonchev–Trinajstić information content (AvgIpc) is 2.71. The van der Waals surface area contributed by atoms with Gasteiger partial charge >= 0.3 is 0 Å². The van der Waals surface area contributed by atoms with Gasteiger partial charge < -0.3 is 10.6 Å². The number of nitrogens with two attached hydrogens (primary N) is 1. The van der Waals surface area contributed by atoms with Gasteiger partial charge in [-0.2, -0.15) is 0 Å². The standard InChI is InChI=1S/C16H28N4/c1-3-20-10-5-7-16(14-17,8-11-20)19(2)13-15-6-4-9-18-12-15/h4,6,9,12H,3,5,7-8,10-11,13-14,17H2,1-2H3. The summed E-state index contributed by atoms with van der Waals surface area (Å²) in [7, 11) is 2.21. The summed E-state index contributed by atoms with van der Waals surface area (Å²) < 4.78 is 0. The first-order chi connectivity index (χ1) is 9.70. The molecule has 1 aliphatic heterocycles. The quantitative estimate of drug-likeness (QED) is 0.889. The van der Waals surface area contributed by atoms with Crippen LogP contribution in [0.2, 0.25) is 0 Å². The van der Waals surface area contributed by atoms with E-state index in [2.05, 4.69) is 34.8 Å². The Balaban J connectivity index is 2.05. The lowest BCUT2D eigenvalue weighted by molar-refractivity contribution is 0.0993. The smallest absolute Gasteiger partial charge is 0.0344 e. The highest BCUT2D eigenvalue weighted by molar-refractivity contribution is 5.09. The summed E-state index contributed by atoms with van der Waals surface area (Å²) in [6.45, 7) is 7.42. The molecule has 0 amide bonds. The van der Waals surface area contributed by atoms with Crippen molar-refractivity contribution in [3.63, 3.8) is 0 Å². The largest absolute Gasteiger partial charge is 0.329 e. The van der Waals surface area contributed by atoms with Crippen molar-refractivity contribution in [2.24, 2.45) is 5.73 Å². The highest BCUT2D eigenvalue weighted by atomic mass is 15.2. The van der Waals surface area contributed by atoms with Crippen LogP contribution in [0.4, 0.5) is 0 Å². The minimum absolute atomic E-state index is 0.139. The van der Waals surface area contributed by atoms with Gasteiger partial charge in [-0.1, -0.05) is 13.0 Å². The summed E-state index contributed by atoms with van der Waals surface area (Å²) in [6.07, 6.45) is 7.37. The number of nitrogens with zero attached hydrogens (tertiary/aromatic N) is 3. The Hall–Kier alpha value is -0.970. The minimum Gasteiger partial charge on any atom is -0.329 e. The molecular formula is C16H28N4. The zero-order chi connectivity index (χ0) is 14.4. The fourth-order valence-corrected chi connectivity index (χ4v) is 3.23. The molecule has 4 nitrogen and oxygen atoms in total. The van der Waals surface area contributed by atoms with E-state index in [1.54, 1.807) is 0 Å². The number of likely N-dealkylation sites (N-methyl/N-ethyl adjacent to an activating group) is 1.